The second-order valence-corrected chi connectivity index (χ2v) is 7.12. The van der Waals surface area contributed by atoms with Gasteiger partial charge in [0.05, 0.1) is 13.2 Å². The molecule has 0 spiro atoms. The average Bonchev–Trinajstić information content (AvgIpc) is 2.70. The molecule has 0 radical (unpaired) electrons. The minimum atomic E-state index is 0.0386. The molecule has 0 saturated carbocycles. The first kappa shape index (κ1) is 20.2. The maximum atomic E-state index is 12.3. The van der Waals surface area contributed by atoms with Gasteiger partial charge in [-0.25, -0.2) is 0 Å². The van der Waals surface area contributed by atoms with Crippen molar-refractivity contribution in [2.75, 3.05) is 19.8 Å². The van der Waals surface area contributed by atoms with E-state index >= 15 is 0 Å². The molecule has 1 aliphatic rings. The summed E-state index contributed by atoms with van der Waals surface area (Å²) >= 11 is 0. The first-order valence-corrected chi connectivity index (χ1v) is 10.4. The highest BCUT2D eigenvalue weighted by Crippen LogP contribution is 2.28. The first-order valence-electron chi connectivity index (χ1n) is 10.4. The van der Waals surface area contributed by atoms with Gasteiger partial charge in [-0.2, -0.15) is 4.57 Å². The normalized spacial score (nSPS) is 12.9. The number of fused-ring (bicyclic) bond motifs is 1. The fourth-order valence-electron chi connectivity index (χ4n) is 3.64. The molecule has 1 N–H and O–H groups in total. The predicted octanol–water partition coefficient (Wildman–Crippen LogP) is 3.01. The molecular weight excluding hydrogens is 352 g/mol. The molecular formula is C23H31N2O3+. The van der Waals surface area contributed by atoms with E-state index in [1.165, 1.54) is 24.0 Å². The molecule has 28 heavy (non-hydrogen) atoms. The van der Waals surface area contributed by atoms with Crippen molar-refractivity contribution in [1.29, 1.82) is 0 Å². The molecule has 150 valence electrons. The summed E-state index contributed by atoms with van der Waals surface area (Å²) in [5, 5.41) is 3.02. The van der Waals surface area contributed by atoms with Crippen molar-refractivity contribution < 1.29 is 18.8 Å². The Balaban J connectivity index is 1.50. The van der Waals surface area contributed by atoms with Crippen LogP contribution >= 0.6 is 0 Å². The summed E-state index contributed by atoms with van der Waals surface area (Å²) in [5.41, 5.74) is 3.94. The molecule has 3 rings (SSSR count). The molecule has 1 heterocycles. The van der Waals surface area contributed by atoms with Crippen molar-refractivity contribution in [2.45, 2.75) is 52.5 Å². The van der Waals surface area contributed by atoms with Crippen LogP contribution in [0.1, 0.15) is 43.4 Å². The molecule has 2 aromatic rings. The lowest BCUT2D eigenvalue weighted by atomic mass is 9.93. The Bertz CT molecular complexity index is 804. The lowest BCUT2D eigenvalue weighted by molar-refractivity contribution is -0.685. The Kier molecular flexibility index (Phi) is 7.29. The SMILES string of the molecule is CCOc1ccc(CCNC(=O)C[n+]2ccc3c(c2)CCCC3)cc1OCC. The van der Waals surface area contributed by atoms with E-state index in [-0.39, 0.29) is 5.91 Å². The Morgan fingerprint density at radius 2 is 1.79 bits per heavy atom. The largest absolute Gasteiger partial charge is 0.490 e. The van der Waals surface area contributed by atoms with Gasteiger partial charge in [-0.3, -0.25) is 4.79 Å². The summed E-state index contributed by atoms with van der Waals surface area (Å²) in [6.07, 6.45) is 9.71. The number of carbonyl (C=O) groups excluding carboxylic acids is 1. The topological polar surface area (TPSA) is 51.4 Å². The molecule has 5 nitrogen and oxygen atoms in total. The molecule has 0 atom stereocenters. The fourth-order valence-corrected chi connectivity index (χ4v) is 3.64. The summed E-state index contributed by atoms with van der Waals surface area (Å²) in [4.78, 5) is 12.3. The van der Waals surface area contributed by atoms with Crippen LogP contribution in [0.3, 0.4) is 0 Å². The number of benzene rings is 1. The average molecular weight is 384 g/mol. The van der Waals surface area contributed by atoms with Crippen LogP contribution in [0.4, 0.5) is 0 Å². The second kappa shape index (κ2) is 10.1. The van der Waals surface area contributed by atoms with Crippen molar-refractivity contribution in [1.82, 2.24) is 5.32 Å². The third-order valence-electron chi connectivity index (χ3n) is 5.01. The van der Waals surface area contributed by atoms with Crippen LogP contribution in [0.2, 0.25) is 0 Å². The van der Waals surface area contributed by atoms with Crippen LogP contribution in [0.15, 0.2) is 36.7 Å². The summed E-state index contributed by atoms with van der Waals surface area (Å²) in [7, 11) is 0. The van der Waals surface area contributed by atoms with Crippen LogP contribution < -0.4 is 19.4 Å². The molecule has 1 aromatic heterocycles. The number of nitrogens with zero attached hydrogens (tertiary/aromatic N) is 1. The molecule has 1 aromatic carbocycles. The Morgan fingerprint density at radius 3 is 2.57 bits per heavy atom. The molecule has 0 fully saturated rings. The van der Waals surface area contributed by atoms with Crippen LogP contribution in [-0.2, 0) is 30.6 Å². The highest BCUT2D eigenvalue weighted by Gasteiger charge is 2.15. The molecule has 0 bridgehead atoms. The van der Waals surface area contributed by atoms with Crippen LogP contribution in [0.5, 0.6) is 11.5 Å². The molecule has 0 unspecified atom stereocenters. The van der Waals surface area contributed by atoms with Crippen molar-refractivity contribution in [3.05, 3.63) is 53.3 Å². The minimum Gasteiger partial charge on any atom is -0.490 e. The fraction of sp³-hybridized carbons (Fsp3) is 0.478. The van der Waals surface area contributed by atoms with Gasteiger partial charge < -0.3 is 14.8 Å². The predicted molar refractivity (Wildman–Crippen MR) is 109 cm³/mol. The lowest BCUT2D eigenvalue weighted by Crippen LogP contribution is -2.43. The van der Waals surface area contributed by atoms with Crippen LogP contribution in [0.25, 0.3) is 0 Å². The quantitative estimate of drug-likeness (QED) is 0.677. The number of ether oxygens (including phenoxy) is 2. The van der Waals surface area contributed by atoms with Gasteiger partial charge in [-0.15, -0.1) is 0 Å². The maximum absolute atomic E-state index is 12.3. The summed E-state index contributed by atoms with van der Waals surface area (Å²) in [5.74, 6) is 1.57. The van der Waals surface area contributed by atoms with E-state index < -0.39 is 0 Å². The van der Waals surface area contributed by atoms with E-state index in [1.54, 1.807) is 0 Å². The van der Waals surface area contributed by atoms with Crippen molar-refractivity contribution in [2.24, 2.45) is 0 Å². The van der Waals surface area contributed by atoms with Crippen molar-refractivity contribution in [3.8, 4) is 11.5 Å². The highest BCUT2D eigenvalue weighted by molar-refractivity contribution is 5.74. The Hall–Kier alpha value is -2.56. The van der Waals surface area contributed by atoms with Gasteiger partial charge in [0, 0.05) is 18.2 Å². The maximum Gasteiger partial charge on any atom is 0.285 e. The molecule has 1 aliphatic carbocycles. The van der Waals surface area contributed by atoms with E-state index in [9.17, 15) is 4.79 Å². The van der Waals surface area contributed by atoms with E-state index in [2.05, 4.69) is 17.6 Å². The number of hydrogen-bond donors (Lipinski definition) is 1. The smallest absolute Gasteiger partial charge is 0.285 e. The standard InChI is InChI=1S/C23H30N2O3/c1-3-27-21-10-9-18(15-22(21)28-4-2)11-13-24-23(26)17-25-14-12-19-7-5-6-8-20(19)16-25/h9-10,12,14-16H,3-8,11,13,17H2,1-2H3/p+1. The number of aromatic nitrogens is 1. The highest BCUT2D eigenvalue weighted by atomic mass is 16.5. The van der Waals surface area contributed by atoms with E-state index in [0.717, 1.165) is 36.3 Å². The van der Waals surface area contributed by atoms with Gasteiger partial charge >= 0.3 is 0 Å². The summed E-state index contributed by atoms with van der Waals surface area (Å²) in [6, 6.07) is 8.13. The number of hydrogen-bond acceptors (Lipinski definition) is 3. The minimum absolute atomic E-state index is 0.0386. The van der Waals surface area contributed by atoms with E-state index in [0.29, 0.717) is 26.3 Å². The van der Waals surface area contributed by atoms with Crippen LogP contribution in [0, 0.1) is 0 Å². The number of carbonyl (C=O) groups is 1. The number of nitrogens with one attached hydrogen (secondary N) is 1. The first-order chi connectivity index (χ1) is 13.7. The summed E-state index contributed by atoms with van der Waals surface area (Å²) in [6.45, 7) is 6.08. The zero-order valence-corrected chi connectivity index (χ0v) is 17.0. The molecule has 1 amide bonds. The lowest BCUT2D eigenvalue weighted by Gasteiger charge is -2.13. The van der Waals surface area contributed by atoms with Crippen molar-refractivity contribution >= 4 is 5.91 Å². The van der Waals surface area contributed by atoms with Crippen molar-refractivity contribution in [3.63, 3.8) is 0 Å². The van der Waals surface area contributed by atoms with Gasteiger partial charge in [0.2, 0.25) is 6.54 Å². The third kappa shape index (κ3) is 5.47. The number of amides is 1. The zero-order chi connectivity index (χ0) is 19.8. The second-order valence-electron chi connectivity index (χ2n) is 7.12. The summed E-state index contributed by atoms with van der Waals surface area (Å²) < 4.78 is 13.3. The van der Waals surface area contributed by atoms with E-state index in [4.69, 9.17) is 9.47 Å². The van der Waals surface area contributed by atoms with Crippen LogP contribution in [-0.4, -0.2) is 25.7 Å². The monoisotopic (exact) mass is 383 g/mol. The molecule has 0 saturated heterocycles. The molecule has 0 aliphatic heterocycles. The zero-order valence-electron chi connectivity index (χ0n) is 17.0. The number of pyridine rings is 1. The molecule has 5 heteroatoms. The Labute approximate surface area is 167 Å². The van der Waals surface area contributed by atoms with Gasteiger partial charge in [-0.05, 0) is 69.2 Å². The van der Waals surface area contributed by atoms with Gasteiger partial charge in [0.15, 0.2) is 23.9 Å². The number of rotatable bonds is 9. The van der Waals surface area contributed by atoms with E-state index in [1.807, 2.05) is 42.8 Å². The number of aryl methyl sites for hydroxylation is 2. The third-order valence-corrected chi connectivity index (χ3v) is 5.01. The van der Waals surface area contributed by atoms with Gasteiger partial charge in [-0.1, -0.05) is 6.07 Å². The Morgan fingerprint density at radius 1 is 1.04 bits per heavy atom. The van der Waals surface area contributed by atoms with Gasteiger partial charge in [0.1, 0.15) is 0 Å². The van der Waals surface area contributed by atoms with Gasteiger partial charge in [0.25, 0.3) is 5.91 Å².